The average molecular weight is 552 g/mol. The normalized spacial score (nSPS) is 16.2. The lowest BCUT2D eigenvalue weighted by Gasteiger charge is -2.26. The summed E-state index contributed by atoms with van der Waals surface area (Å²) in [5, 5.41) is 11.4. The molecule has 1 fully saturated rings. The SMILES string of the molecule is CCOc1cc(C2/C(=C(\O)c3ccc(C)cc3)C(=O)C(=O)N2CCCn2ccnc2)ccc1OCc1ccccc1. The minimum absolute atomic E-state index is 0.0573. The van der Waals surface area contributed by atoms with E-state index in [-0.39, 0.29) is 11.3 Å². The maximum atomic E-state index is 13.4. The van der Waals surface area contributed by atoms with E-state index >= 15 is 0 Å². The Balaban J connectivity index is 1.52. The van der Waals surface area contributed by atoms with Gasteiger partial charge in [-0.1, -0.05) is 66.2 Å². The smallest absolute Gasteiger partial charge is 0.295 e. The first-order valence-electron chi connectivity index (χ1n) is 13.7. The molecule has 2 heterocycles. The molecular weight excluding hydrogens is 518 g/mol. The Labute approximate surface area is 239 Å². The molecule has 1 amide bonds. The number of aryl methyl sites for hydroxylation is 2. The van der Waals surface area contributed by atoms with Crippen LogP contribution in [0.2, 0.25) is 0 Å². The van der Waals surface area contributed by atoms with Gasteiger partial charge in [-0.3, -0.25) is 9.59 Å². The third kappa shape index (κ3) is 6.17. The molecule has 1 aliphatic rings. The van der Waals surface area contributed by atoms with Crippen molar-refractivity contribution < 1.29 is 24.2 Å². The lowest BCUT2D eigenvalue weighted by molar-refractivity contribution is -0.139. The number of benzene rings is 3. The number of imidazole rings is 1. The van der Waals surface area contributed by atoms with E-state index in [0.29, 0.717) is 55.4 Å². The number of amides is 1. The summed E-state index contributed by atoms with van der Waals surface area (Å²) in [6.45, 7) is 5.53. The number of ether oxygens (including phenoxy) is 2. The van der Waals surface area contributed by atoms with Crippen molar-refractivity contribution in [3.05, 3.63) is 119 Å². The Morgan fingerprint density at radius 2 is 1.73 bits per heavy atom. The van der Waals surface area contributed by atoms with Gasteiger partial charge in [0.15, 0.2) is 11.5 Å². The van der Waals surface area contributed by atoms with Crippen molar-refractivity contribution >= 4 is 17.4 Å². The van der Waals surface area contributed by atoms with Crippen molar-refractivity contribution in [3.63, 3.8) is 0 Å². The number of ketones is 1. The molecule has 1 N–H and O–H groups in total. The fourth-order valence-electron chi connectivity index (χ4n) is 4.98. The highest BCUT2D eigenvalue weighted by Gasteiger charge is 2.46. The van der Waals surface area contributed by atoms with Crippen LogP contribution >= 0.6 is 0 Å². The van der Waals surface area contributed by atoms with Crippen LogP contribution < -0.4 is 9.47 Å². The summed E-state index contributed by atoms with van der Waals surface area (Å²) in [4.78, 5) is 32.4. The number of carbonyl (C=O) groups is 2. The molecule has 41 heavy (non-hydrogen) atoms. The predicted molar refractivity (Wildman–Crippen MR) is 155 cm³/mol. The summed E-state index contributed by atoms with van der Waals surface area (Å²) in [6, 6.07) is 21.7. The van der Waals surface area contributed by atoms with Gasteiger partial charge in [0.25, 0.3) is 11.7 Å². The molecule has 0 saturated carbocycles. The zero-order valence-electron chi connectivity index (χ0n) is 23.2. The average Bonchev–Trinajstić information content (AvgIpc) is 3.59. The number of aliphatic hydroxyl groups is 1. The monoisotopic (exact) mass is 551 g/mol. The number of aliphatic hydroxyl groups excluding tert-OH is 1. The van der Waals surface area contributed by atoms with Crippen molar-refractivity contribution in [3.8, 4) is 11.5 Å². The van der Waals surface area contributed by atoms with E-state index in [1.165, 1.54) is 4.90 Å². The van der Waals surface area contributed by atoms with Gasteiger partial charge in [-0.05, 0) is 43.5 Å². The molecule has 0 aliphatic carbocycles. The fourth-order valence-corrected chi connectivity index (χ4v) is 4.98. The van der Waals surface area contributed by atoms with Gasteiger partial charge in [0, 0.05) is 31.0 Å². The Kier molecular flexibility index (Phi) is 8.48. The van der Waals surface area contributed by atoms with Crippen LogP contribution in [0.3, 0.4) is 0 Å². The van der Waals surface area contributed by atoms with Crippen LogP contribution in [0.5, 0.6) is 11.5 Å². The largest absolute Gasteiger partial charge is 0.507 e. The predicted octanol–water partition coefficient (Wildman–Crippen LogP) is 5.68. The van der Waals surface area contributed by atoms with E-state index in [2.05, 4.69) is 4.98 Å². The standard InChI is InChI=1S/C33H33N3O5/c1-3-40-28-20-26(14-15-27(28)41-21-24-8-5-4-6-9-24)30-29(31(37)25-12-10-23(2)11-13-25)32(38)33(39)36(30)18-7-17-35-19-16-34-22-35/h4-6,8-16,19-20,22,30,37H,3,7,17-18,21H2,1-2H3/b31-29+. The van der Waals surface area contributed by atoms with Gasteiger partial charge < -0.3 is 24.0 Å². The molecule has 0 spiro atoms. The van der Waals surface area contributed by atoms with E-state index in [1.807, 2.05) is 73.1 Å². The Morgan fingerprint density at radius 3 is 2.44 bits per heavy atom. The number of likely N-dealkylation sites (tertiary alicyclic amines) is 1. The van der Waals surface area contributed by atoms with Crippen LogP contribution in [0.25, 0.3) is 5.76 Å². The van der Waals surface area contributed by atoms with Crippen molar-refractivity contribution in [1.82, 2.24) is 14.5 Å². The zero-order valence-corrected chi connectivity index (χ0v) is 23.2. The van der Waals surface area contributed by atoms with Gasteiger partial charge in [0.2, 0.25) is 0 Å². The Bertz CT molecular complexity index is 1530. The van der Waals surface area contributed by atoms with Crippen LogP contribution in [-0.2, 0) is 22.7 Å². The maximum absolute atomic E-state index is 13.4. The fraction of sp³-hybridized carbons (Fsp3) is 0.242. The van der Waals surface area contributed by atoms with E-state index in [9.17, 15) is 14.7 Å². The summed E-state index contributed by atoms with van der Waals surface area (Å²) in [5.41, 5.74) is 3.22. The molecule has 8 heteroatoms. The number of hydrogen-bond donors (Lipinski definition) is 1. The second-order valence-corrected chi connectivity index (χ2v) is 9.93. The molecule has 4 aromatic rings. The zero-order chi connectivity index (χ0) is 28.8. The molecular formula is C33H33N3O5. The van der Waals surface area contributed by atoms with Crippen molar-refractivity contribution in [2.75, 3.05) is 13.2 Å². The summed E-state index contributed by atoms with van der Waals surface area (Å²) in [5.74, 6) is -0.502. The molecule has 1 saturated heterocycles. The molecule has 5 rings (SSSR count). The lowest BCUT2D eigenvalue weighted by atomic mass is 9.94. The van der Waals surface area contributed by atoms with Crippen molar-refractivity contribution in [1.29, 1.82) is 0 Å². The van der Waals surface area contributed by atoms with Gasteiger partial charge in [0.1, 0.15) is 12.4 Å². The first-order valence-corrected chi connectivity index (χ1v) is 13.7. The van der Waals surface area contributed by atoms with Crippen LogP contribution in [0, 0.1) is 6.92 Å². The molecule has 1 atom stereocenters. The molecule has 1 aliphatic heterocycles. The Hall–Kier alpha value is -4.85. The number of aromatic nitrogens is 2. The van der Waals surface area contributed by atoms with Gasteiger partial charge in [-0.25, -0.2) is 4.98 Å². The summed E-state index contributed by atoms with van der Waals surface area (Å²) < 4.78 is 13.9. The topological polar surface area (TPSA) is 93.9 Å². The molecule has 1 unspecified atom stereocenters. The van der Waals surface area contributed by atoms with Crippen LogP contribution in [0.4, 0.5) is 0 Å². The lowest BCUT2D eigenvalue weighted by Crippen LogP contribution is -2.31. The van der Waals surface area contributed by atoms with E-state index in [4.69, 9.17) is 9.47 Å². The quantitative estimate of drug-likeness (QED) is 0.146. The van der Waals surface area contributed by atoms with Crippen molar-refractivity contribution in [2.24, 2.45) is 0 Å². The Morgan fingerprint density at radius 1 is 0.951 bits per heavy atom. The molecule has 210 valence electrons. The minimum atomic E-state index is -0.790. The van der Waals surface area contributed by atoms with Crippen molar-refractivity contribution in [2.45, 2.75) is 39.5 Å². The van der Waals surface area contributed by atoms with Crippen LogP contribution in [-0.4, -0.2) is 44.4 Å². The van der Waals surface area contributed by atoms with Crippen LogP contribution in [0.1, 0.15) is 41.6 Å². The van der Waals surface area contributed by atoms with E-state index in [0.717, 1.165) is 11.1 Å². The summed E-state index contributed by atoms with van der Waals surface area (Å²) >= 11 is 0. The van der Waals surface area contributed by atoms with Gasteiger partial charge in [0.05, 0.1) is 24.5 Å². The molecule has 0 bridgehead atoms. The summed E-state index contributed by atoms with van der Waals surface area (Å²) in [7, 11) is 0. The first-order chi connectivity index (χ1) is 20.0. The number of Topliss-reactive ketones (excluding diaryl/α,β-unsaturated/α-hetero) is 1. The highest BCUT2D eigenvalue weighted by Crippen LogP contribution is 2.42. The number of hydrogen-bond acceptors (Lipinski definition) is 6. The number of carbonyl (C=O) groups excluding carboxylic acids is 2. The van der Waals surface area contributed by atoms with Gasteiger partial charge in [-0.15, -0.1) is 0 Å². The van der Waals surface area contributed by atoms with Gasteiger partial charge in [-0.2, -0.15) is 0 Å². The number of nitrogens with zero attached hydrogens (tertiary/aromatic N) is 3. The first kappa shape index (κ1) is 27.7. The molecule has 3 aromatic carbocycles. The molecule has 8 nitrogen and oxygen atoms in total. The molecule has 0 radical (unpaired) electrons. The van der Waals surface area contributed by atoms with Gasteiger partial charge >= 0.3 is 0 Å². The minimum Gasteiger partial charge on any atom is -0.507 e. The van der Waals surface area contributed by atoms with Crippen LogP contribution in [0.15, 0.2) is 97.1 Å². The highest BCUT2D eigenvalue weighted by molar-refractivity contribution is 6.46. The summed E-state index contributed by atoms with van der Waals surface area (Å²) in [6.07, 6.45) is 5.86. The maximum Gasteiger partial charge on any atom is 0.295 e. The second kappa shape index (κ2) is 12.6. The van der Waals surface area contributed by atoms with E-state index in [1.54, 1.807) is 36.8 Å². The third-order valence-corrected chi connectivity index (χ3v) is 7.06. The third-order valence-electron chi connectivity index (χ3n) is 7.06. The number of rotatable bonds is 11. The highest BCUT2D eigenvalue weighted by atomic mass is 16.5. The molecule has 1 aromatic heterocycles. The van der Waals surface area contributed by atoms with E-state index < -0.39 is 17.7 Å². The second-order valence-electron chi connectivity index (χ2n) is 9.93.